The van der Waals surface area contributed by atoms with Gasteiger partial charge in [-0.15, -0.1) is 0 Å². The second-order valence-corrected chi connectivity index (χ2v) is 4.41. The van der Waals surface area contributed by atoms with E-state index < -0.39 is 0 Å². The smallest absolute Gasteiger partial charge is 0.143 e. The molecule has 1 aromatic carbocycles. The summed E-state index contributed by atoms with van der Waals surface area (Å²) in [4.78, 5) is 3.32. The van der Waals surface area contributed by atoms with Gasteiger partial charge in [0.15, 0.2) is 0 Å². The van der Waals surface area contributed by atoms with Crippen molar-refractivity contribution in [3.05, 3.63) is 29.5 Å². The summed E-state index contributed by atoms with van der Waals surface area (Å²) in [6.07, 6.45) is 4.34. The van der Waals surface area contributed by atoms with Crippen molar-refractivity contribution in [3.63, 3.8) is 0 Å². The first-order valence-electron chi connectivity index (χ1n) is 6.05. The minimum absolute atomic E-state index is 0.930. The highest BCUT2D eigenvalue weighted by molar-refractivity contribution is 5.89. The van der Waals surface area contributed by atoms with Crippen molar-refractivity contribution >= 4 is 10.9 Å². The Morgan fingerprint density at radius 2 is 2.18 bits per heavy atom. The van der Waals surface area contributed by atoms with E-state index >= 15 is 0 Å². The molecule has 0 aliphatic heterocycles. The Labute approximate surface area is 102 Å². The highest BCUT2D eigenvalue weighted by atomic mass is 16.5. The van der Waals surface area contributed by atoms with Crippen molar-refractivity contribution in [2.45, 2.75) is 19.8 Å². The number of aromatic nitrogens is 1. The van der Waals surface area contributed by atoms with Crippen LogP contribution in [-0.4, -0.2) is 25.7 Å². The van der Waals surface area contributed by atoms with Crippen molar-refractivity contribution in [2.75, 3.05) is 20.7 Å². The first kappa shape index (κ1) is 12.0. The minimum Gasteiger partial charge on any atom is -0.495 e. The summed E-state index contributed by atoms with van der Waals surface area (Å²) in [5.41, 5.74) is 3.72. The van der Waals surface area contributed by atoms with Gasteiger partial charge in [-0.25, -0.2) is 0 Å². The molecule has 1 aromatic heterocycles. The van der Waals surface area contributed by atoms with Gasteiger partial charge < -0.3 is 15.0 Å². The zero-order valence-electron chi connectivity index (χ0n) is 10.8. The third kappa shape index (κ3) is 2.44. The molecule has 92 valence electrons. The van der Waals surface area contributed by atoms with E-state index in [1.54, 1.807) is 7.11 Å². The molecule has 0 saturated carbocycles. The average molecular weight is 232 g/mol. The Bertz CT molecular complexity index is 502. The van der Waals surface area contributed by atoms with E-state index in [1.165, 1.54) is 16.5 Å². The fourth-order valence-corrected chi connectivity index (χ4v) is 2.22. The lowest BCUT2D eigenvalue weighted by molar-refractivity contribution is 0.418. The first-order chi connectivity index (χ1) is 8.26. The van der Waals surface area contributed by atoms with Gasteiger partial charge >= 0.3 is 0 Å². The molecule has 0 radical (unpaired) electrons. The fraction of sp³-hybridized carbons (Fsp3) is 0.429. The lowest BCUT2D eigenvalue weighted by Gasteiger charge is -2.05. The molecule has 2 N–H and O–H groups in total. The van der Waals surface area contributed by atoms with Crippen LogP contribution in [0.1, 0.15) is 17.5 Å². The van der Waals surface area contributed by atoms with Crippen molar-refractivity contribution in [3.8, 4) is 5.75 Å². The van der Waals surface area contributed by atoms with Gasteiger partial charge in [0.25, 0.3) is 0 Å². The fourth-order valence-electron chi connectivity index (χ4n) is 2.22. The summed E-state index contributed by atoms with van der Waals surface area (Å²) in [5.74, 6) is 0.930. The molecule has 0 atom stereocenters. The Hall–Kier alpha value is -1.48. The number of nitrogens with one attached hydrogen (secondary N) is 2. The van der Waals surface area contributed by atoms with Crippen molar-refractivity contribution in [1.82, 2.24) is 10.3 Å². The second-order valence-electron chi connectivity index (χ2n) is 4.41. The van der Waals surface area contributed by atoms with Gasteiger partial charge in [0.05, 0.1) is 12.6 Å². The molecule has 3 heteroatoms. The number of fused-ring (bicyclic) bond motifs is 1. The third-order valence-corrected chi connectivity index (χ3v) is 3.08. The van der Waals surface area contributed by atoms with Gasteiger partial charge in [-0.3, -0.25) is 0 Å². The number of ether oxygens (including phenoxy) is 1. The Balaban J connectivity index is 2.35. The first-order valence-corrected chi connectivity index (χ1v) is 6.05. The topological polar surface area (TPSA) is 37.0 Å². The summed E-state index contributed by atoms with van der Waals surface area (Å²) < 4.78 is 5.40. The molecule has 0 aliphatic carbocycles. The number of aryl methyl sites for hydroxylation is 2. The molecular formula is C14H20N2O. The summed E-state index contributed by atoms with van der Waals surface area (Å²) in [5, 5.41) is 4.47. The average Bonchev–Trinajstić information content (AvgIpc) is 2.72. The molecule has 0 fully saturated rings. The highest BCUT2D eigenvalue weighted by Crippen LogP contribution is 2.29. The number of benzene rings is 1. The monoisotopic (exact) mass is 232 g/mol. The molecule has 1 heterocycles. The van der Waals surface area contributed by atoms with Gasteiger partial charge in [0.2, 0.25) is 0 Å². The van der Waals surface area contributed by atoms with E-state index in [1.807, 2.05) is 7.05 Å². The summed E-state index contributed by atoms with van der Waals surface area (Å²) in [7, 11) is 3.71. The van der Waals surface area contributed by atoms with Crippen molar-refractivity contribution < 1.29 is 4.74 Å². The Morgan fingerprint density at radius 1 is 1.35 bits per heavy atom. The molecule has 0 aliphatic rings. The lowest BCUT2D eigenvalue weighted by Crippen LogP contribution is -2.08. The zero-order valence-corrected chi connectivity index (χ0v) is 10.8. The van der Waals surface area contributed by atoms with Crippen LogP contribution in [0.3, 0.4) is 0 Å². The predicted octanol–water partition coefficient (Wildman–Crippen LogP) is 2.64. The van der Waals surface area contributed by atoms with Crippen LogP contribution >= 0.6 is 0 Å². The molecule has 0 saturated heterocycles. The number of hydrogen-bond acceptors (Lipinski definition) is 2. The van der Waals surface area contributed by atoms with Gasteiger partial charge in [-0.1, -0.05) is 0 Å². The van der Waals surface area contributed by atoms with Crippen LogP contribution in [0.4, 0.5) is 0 Å². The molecule has 3 nitrogen and oxygen atoms in total. The van der Waals surface area contributed by atoms with E-state index in [0.29, 0.717) is 0 Å². The molecule has 0 unspecified atom stereocenters. The number of rotatable bonds is 5. The normalized spacial score (nSPS) is 11.0. The number of aromatic amines is 1. The molecule has 17 heavy (non-hydrogen) atoms. The van der Waals surface area contributed by atoms with E-state index in [4.69, 9.17) is 4.74 Å². The SMILES string of the molecule is CNCCCc1c[nH]c2c(OC)cc(C)cc12. The number of H-pyrrole nitrogens is 1. The van der Waals surface area contributed by atoms with E-state index in [2.05, 4.69) is 35.6 Å². The maximum Gasteiger partial charge on any atom is 0.143 e. The Kier molecular flexibility index (Phi) is 3.69. The number of methoxy groups -OCH3 is 1. The van der Waals surface area contributed by atoms with E-state index in [9.17, 15) is 0 Å². The Morgan fingerprint density at radius 3 is 2.88 bits per heavy atom. The van der Waals surface area contributed by atoms with Crippen molar-refractivity contribution in [2.24, 2.45) is 0 Å². The maximum atomic E-state index is 5.40. The second kappa shape index (κ2) is 5.23. The predicted molar refractivity (Wildman–Crippen MR) is 71.8 cm³/mol. The van der Waals surface area contributed by atoms with Crippen LogP contribution in [0.15, 0.2) is 18.3 Å². The third-order valence-electron chi connectivity index (χ3n) is 3.08. The standard InChI is InChI=1S/C14H20N2O/c1-10-7-12-11(5-4-6-15-2)9-16-14(12)13(8-10)17-3/h7-9,15-16H,4-6H2,1-3H3. The lowest BCUT2D eigenvalue weighted by atomic mass is 10.1. The van der Waals surface area contributed by atoms with Crippen LogP contribution in [0.25, 0.3) is 10.9 Å². The number of hydrogen-bond donors (Lipinski definition) is 2. The largest absolute Gasteiger partial charge is 0.495 e. The molecule has 2 aromatic rings. The van der Waals surface area contributed by atoms with Gasteiger partial charge in [-0.05, 0) is 56.6 Å². The van der Waals surface area contributed by atoms with Gasteiger partial charge in [0, 0.05) is 11.6 Å². The van der Waals surface area contributed by atoms with Crippen LogP contribution in [0, 0.1) is 6.92 Å². The van der Waals surface area contributed by atoms with Crippen LogP contribution in [-0.2, 0) is 6.42 Å². The summed E-state index contributed by atoms with van der Waals surface area (Å²) >= 11 is 0. The summed E-state index contributed by atoms with van der Waals surface area (Å²) in [6.45, 7) is 3.15. The van der Waals surface area contributed by atoms with Crippen molar-refractivity contribution in [1.29, 1.82) is 0 Å². The maximum absolute atomic E-state index is 5.40. The molecule has 0 amide bonds. The highest BCUT2D eigenvalue weighted by Gasteiger charge is 2.08. The quantitative estimate of drug-likeness (QED) is 0.778. The van der Waals surface area contributed by atoms with Crippen LogP contribution in [0.2, 0.25) is 0 Å². The van der Waals surface area contributed by atoms with Gasteiger partial charge in [-0.2, -0.15) is 0 Å². The van der Waals surface area contributed by atoms with E-state index in [0.717, 1.165) is 30.7 Å². The van der Waals surface area contributed by atoms with E-state index in [-0.39, 0.29) is 0 Å². The summed E-state index contributed by atoms with van der Waals surface area (Å²) in [6, 6.07) is 4.29. The minimum atomic E-state index is 0.930. The van der Waals surface area contributed by atoms with Crippen LogP contribution < -0.4 is 10.1 Å². The van der Waals surface area contributed by atoms with Gasteiger partial charge in [0.1, 0.15) is 5.75 Å². The molecule has 0 bridgehead atoms. The molecule has 2 rings (SSSR count). The molecule has 0 spiro atoms. The molecular weight excluding hydrogens is 212 g/mol. The van der Waals surface area contributed by atoms with Crippen LogP contribution in [0.5, 0.6) is 5.75 Å². The zero-order chi connectivity index (χ0) is 12.3.